The first-order chi connectivity index (χ1) is 20.7. The minimum absolute atomic E-state index is 0.0160. The number of benzene rings is 2. The van der Waals surface area contributed by atoms with Gasteiger partial charge < -0.3 is 0 Å². The molecular weight excluding hydrogens is 508 g/mol. The van der Waals surface area contributed by atoms with E-state index >= 15 is 0 Å². The van der Waals surface area contributed by atoms with Gasteiger partial charge in [0.05, 0.1) is 6.54 Å². The van der Waals surface area contributed by atoms with E-state index < -0.39 is 0 Å². The molecule has 0 aliphatic rings. The van der Waals surface area contributed by atoms with Crippen LogP contribution in [0.5, 0.6) is 0 Å². The summed E-state index contributed by atoms with van der Waals surface area (Å²) in [5.74, 6) is 0. The van der Waals surface area contributed by atoms with Crippen molar-refractivity contribution in [3.63, 3.8) is 0 Å². The van der Waals surface area contributed by atoms with E-state index in [1.54, 1.807) is 0 Å². The SMILES string of the molecule is CCCCCCCCCCCCCCCCCCC[n+]1ccn(C(CC)C(C)(Cc2ccccc2)c2ccccc2)c1. The van der Waals surface area contributed by atoms with Crippen LogP contribution >= 0.6 is 0 Å². The zero-order valence-electron chi connectivity index (χ0n) is 27.6. The topological polar surface area (TPSA) is 8.81 Å². The number of hydrogen-bond donors (Lipinski definition) is 0. The molecule has 2 aromatic carbocycles. The van der Waals surface area contributed by atoms with Crippen LogP contribution in [-0.2, 0) is 18.4 Å². The first-order valence-electron chi connectivity index (χ1n) is 17.8. The van der Waals surface area contributed by atoms with Gasteiger partial charge in [-0.2, -0.15) is 0 Å². The third kappa shape index (κ3) is 12.1. The van der Waals surface area contributed by atoms with Gasteiger partial charge in [0.15, 0.2) is 0 Å². The third-order valence-corrected chi connectivity index (χ3v) is 9.56. The highest BCUT2D eigenvalue weighted by Crippen LogP contribution is 2.40. The predicted molar refractivity (Wildman–Crippen MR) is 182 cm³/mol. The molecule has 1 heterocycles. The molecule has 3 rings (SSSR count). The molecule has 0 fully saturated rings. The second kappa shape index (κ2) is 20.5. The van der Waals surface area contributed by atoms with Gasteiger partial charge in [-0.25, -0.2) is 9.13 Å². The summed E-state index contributed by atoms with van der Waals surface area (Å²) in [7, 11) is 0. The number of aryl methyl sites for hydroxylation is 1. The predicted octanol–water partition coefficient (Wildman–Crippen LogP) is 11.6. The van der Waals surface area contributed by atoms with E-state index in [2.05, 4.69) is 109 Å². The van der Waals surface area contributed by atoms with Crippen molar-refractivity contribution in [3.05, 3.63) is 90.5 Å². The Morgan fingerprint density at radius 1 is 0.619 bits per heavy atom. The molecule has 0 N–H and O–H groups in total. The zero-order valence-corrected chi connectivity index (χ0v) is 27.6. The van der Waals surface area contributed by atoms with Crippen molar-refractivity contribution in [3.8, 4) is 0 Å². The van der Waals surface area contributed by atoms with E-state index in [0.717, 1.165) is 19.4 Å². The molecular formula is C40H63N2+. The van der Waals surface area contributed by atoms with Crippen molar-refractivity contribution in [1.29, 1.82) is 0 Å². The molecule has 0 spiro atoms. The summed E-state index contributed by atoms with van der Waals surface area (Å²) in [5, 5.41) is 0. The molecule has 0 saturated heterocycles. The molecule has 2 atom stereocenters. The van der Waals surface area contributed by atoms with Gasteiger partial charge >= 0.3 is 0 Å². The molecule has 2 unspecified atom stereocenters. The Hall–Kier alpha value is -2.35. The normalized spacial score (nSPS) is 13.7. The summed E-state index contributed by atoms with van der Waals surface area (Å²) in [4.78, 5) is 0. The lowest BCUT2D eigenvalue weighted by molar-refractivity contribution is -0.697. The molecule has 42 heavy (non-hydrogen) atoms. The van der Waals surface area contributed by atoms with Crippen LogP contribution in [-0.4, -0.2) is 4.57 Å². The van der Waals surface area contributed by atoms with E-state index in [4.69, 9.17) is 0 Å². The van der Waals surface area contributed by atoms with Crippen LogP contribution in [0.15, 0.2) is 79.4 Å². The number of rotatable bonds is 24. The Morgan fingerprint density at radius 2 is 1.10 bits per heavy atom. The smallest absolute Gasteiger partial charge is 0.237 e. The zero-order chi connectivity index (χ0) is 29.7. The summed E-state index contributed by atoms with van der Waals surface area (Å²) >= 11 is 0. The summed E-state index contributed by atoms with van der Waals surface area (Å²) in [6, 6.07) is 22.6. The number of unbranched alkanes of at least 4 members (excludes halogenated alkanes) is 16. The van der Waals surface area contributed by atoms with Crippen LogP contribution in [0.25, 0.3) is 0 Å². The Balaban J connectivity index is 1.33. The van der Waals surface area contributed by atoms with Crippen molar-refractivity contribution < 1.29 is 4.57 Å². The fraction of sp³-hybridized carbons (Fsp3) is 0.625. The van der Waals surface area contributed by atoms with Gasteiger partial charge in [-0.3, -0.25) is 0 Å². The fourth-order valence-corrected chi connectivity index (χ4v) is 6.99. The van der Waals surface area contributed by atoms with Crippen molar-refractivity contribution in [2.75, 3.05) is 0 Å². The molecule has 3 aromatic rings. The molecule has 232 valence electrons. The average molecular weight is 572 g/mol. The highest BCUT2D eigenvalue weighted by atomic mass is 15.1. The minimum atomic E-state index is 0.0160. The van der Waals surface area contributed by atoms with Crippen molar-refractivity contribution in [1.82, 2.24) is 4.57 Å². The first-order valence-corrected chi connectivity index (χ1v) is 17.8. The second-order valence-electron chi connectivity index (χ2n) is 13.1. The Kier molecular flexibility index (Phi) is 16.7. The molecule has 0 amide bonds. The standard InChI is InChI=1S/C40H63N2/c1-4-6-7-8-9-10-11-12-13-14-15-16-17-18-19-20-27-32-41-33-34-42(36-41)39(5-2)40(3,38-30-25-22-26-31-38)35-37-28-23-21-24-29-37/h21-26,28-31,33-34,36,39H,4-20,27,32,35H2,1-3H3/q+1. The van der Waals surface area contributed by atoms with E-state index in [9.17, 15) is 0 Å². The largest absolute Gasteiger partial charge is 0.244 e. The molecule has 0 radical (unpaired) electrons. The second-order valence-corrected chi connectivity index (χ2v) is 13.1. The Bertz CT molecular complexity index is 1040. The monoisotopic (exact) mass is 571 g/mol. The quantitative estimate of drug-likeness (QED) is 0.0747. The van der Waals surface area contributed by atoms with E-state index in [1.807, 2.05) is 0 Å². The highest BCUT2D eigenvalue weighted by molar-refractivity contribution is 5.30. The lowest BCUT2D eigenvalue weighted by atomic mass is 9.70. The summed E-state index contributed by atoms with van der Waals surface area (Å²) in [6.07, 6.45) is 33.3. The van der Waals surface area contributed by atoms with E-state index in [-0.39, 0.29) is 5.41 Å². The van der Waals surface area contributed by atoms with Gasteiger partial charge in [0.1, 0.15) is 18.4 Å². The summed E-state index contributed by atoms with van der Waals surface area (Å²) < 4.78 is 4.91. The van der Waals surface area contributed by atoms with Crippen LogP contribution < -0.4 is 4.57 Å². The molecule has 0 bridgehead atoms. The van der Waals surface area contributed by atoms with E-state index in [0.29, 0.717) is 6.04 Å². The number of aromatic nitrogens is 2. The maximum Gasteiger partial charge on any atom is 0.244 e. The third-order valence-electron chi connectivity index (χ3n) is 9.56. The fourth-order valence-electron chi connectivity index (χ4n) is 6.99. The van der Waals surface area contributed by atoms with Crippen LogP contribution in [0, 0.1) is 0 Å². The molecule has 1 aromatic heterocycles. The Morgan fingerprint density at radius 3 is 1.60 bits per heavy atom. The first kappa shape index (κ1) is 34.1. The van der Waals surface area contributed by atoms with Gasteiger partial charge in [0.2, 0.25) is 6.33 Å². The van der Waals surface area contributed by atoms with Gasteiger partial charge in [-0.15, -0.1) is 0 Å². The van der Waals surface area contributed by atoms with Gasteiger partial charge in [0.25, 0.3) is 0 Å². The highest BCUT2D eigenvalue weighted by Gasteiger charge is 2.39. The van der Waals surface area contributed by atoms with Gasteiger partial charge in [-0.05, 0) is 36.8 Å². The number of hydrogen-bond acceptors (Lipinski definition) is 0. The number of imidazole rings is 1. The molecule has 0 aliphatic carbocycles. The maximum atomic E-state index is 2.49. The van der Waals surface area contributed by atoms with Crippen molar-refractivity contribution in [2.45, 2.75) is 161 Å². The number of nitrogens with zero attached hydrogens (tertiary/aromatic N) is 2. The summed E-state index contributed by atoms with van der Waals surface area (Å²) in [5.41, 5.74) is 2.85. The molecule has 0 saturated carbocycles. The van der Waals surface area contributed by atoms with Crippen LogP contribution in [0.3, 0.4) is 0 Å². The molecule has 0 aliphatic heterocycles. The van der Waals surface area contributed by atoms with Crippen LogP contribution in [0.1, 0.15) is 154 Å². The van der Waals surface area contributed by atoms with Crippen molar-refractivity contribution in [2.24, 2.45) is 0 Å². The van der Waals surface area contributed by atoms with Crippen molar-refractivity contribution >= 4 is 0 Å². The summed E-state index contributed by atoms with van der Waals surface area (Å²) in [6.45, 7) is 8.24. The maximum absolute atomic E-state index is 2.49. The average Bonchev–Trinajstić information content (AvgIpc) is 3.48. The minimum Gasteiger partial charge on any atom is -0.237 e. The van der Waals surface area contributed by atoms with Crippen LogP contribution in [0.4, 0.5) is 0 Å². The van der Waals surface area contributed by atoms with Crippen LogP contribution in [0.2, 0.25) is 0 Å². The Labute approximate surface area is 260 Å². The lowest BCUT2D eigenvalue weighted by Crippen LogP contribution is -2.37. The van der Waals surface area contributed by atoms with Gasteiger partial charge in [-0.1, -0.05) is 178 Å². The molecule has 2 heteroatoms. The molecule has 2 nitrogen and oxygen atoms in total. The van der Waals surface area contributed by atoms with E-state index in [1.165, 1.54) is 120 Å². The lowest BCUT2D eigenvalue weighted by Gasteiger charge is -2.36. The van der Waals surface area contributed by atoms with Gasteiger partial charge in [0, 0.05) is 5.41 Å².